The summed E-state index contributed by atoms with van der Waals surface area (Å²) in [6, 6.07) is 6.01. The lowest BCUT2D eigenvalue weighted by Gasteiger charge is -2.35. The first kappa shape index (κ1) is 15.1. The second-order valence-corrected chi connectivity index (χ2v) is 6.01. The Bertz CT molecular complexity index is 653. The van der Waals surface area contributed by atoms with Gasteiger partial charge in [-0.15, -0.1) is 0 Å². The van der Waals surface area contributed by atoms with E-state index in [4.69, 9.17) is 4.74 Å². The highest BCUT2D eigenvalue weighted by Crippen LogP contribution is 2.36. The largest absolute Gasteiger partial charge is 0.497 e. The maximum atomic E-state index is 11.1. The van der Waals surface area contributed by atoms with E-state index in [9.17, 15) is 5.11 Å². The topological polar surface area (TPSA) is 59.3 Å². The predicted molar refractivity (Wildman–Crippen MR) is 84.7 cm³/mol. The van der Waals surface area contributed by atoms with E-state index >= 15 is 0 Å². The van der Waals surface area contributed by atoms with Crippen LogP contribution in [0.15, 0.2) is 30.7 Å². The van der Waals surface area contributed by atoms with Gasteiger partial charge in [-0.05, 0) is 42.5 Å². The first-order chi connectivity index (χ1) is 10.6. The zero-order valence-corrected chi connectivity index (χ0v) is 13.2. The van der Waals surface area contributed by atoms with Crippen LogP contribution in [0.3, 0.4) is 0 Å². The summed E-state index contributed by atoms with van der Waals surface area (Å²) in [5, 5.41) is 14.5. The van der Waals surface area contributed by atoms with E-state index in [-0.39, 0.29) is 0 Å². The van der Waals surface area contributed by atoms with Crippen LogP contribution in [-0.2, 0) is 25.6 Å². The molecular formula is C17H23N3O2. The Labute approximate surface area is 130 Å². The Kier molecular flexibility index (Phi) is 4.18. The lowest BCUT2D eigenvalue weighted by atomic mass is 9.79. The third-order valence-corrected chi connectivity index (χ3v) is 4.49. The highest BCUT2D eigenvalue weighted by atomic mass is 16.5. The molecule has 0 radical (unpaired) electrons. The van der Waals surface area contributed by atoms with Crippen molar-refractivity contribution in [3.05, 3.63) is 47.5 Å². The van der Waals surface area contributed by atoms with Crippen molar-refractivity contribution in [1.29, 1.82) is 0 Å². The van der Waals surface area contributed by atoms with Gasteiger partial charge in [-0.1, -0.05) is 6.07 Å². The molecular weight excluding hydrogens is 278 g/mol. The first-order valence-corrected chi connectivity index (χ1v) is 7.68. The van der Waals surface area contributed by atoms with Gasteiger partial charge in [0.1, 0.15) is 11.4 Å². The molecule has 0 spiro atoms. The molecule has 5 nitrogen and oxygen atoms in total. The summed E-state index contributed by atoms with van der Waals surface area (Å²) >= 11 is 0. The molecule has 0 saturated heterocycles. The van der Waals surface area contributed by atoms with E-state index in [1.807, 2.05) is 29.9 Å². The highest BCUT2D eigenvalue weighted by molar-refractivity contribution is 5.41. The number of aromatic nitrogens is 2. The van der Waals surface area contributed by atoms with Crippen LogP contribution in [0.25, 0.3) is 0 Å². The number of hydrogen-bond donors (Lipinski definition) is 2. The van der Waals surface area contributed by atoms with Crippen LogP contribution in [0.2, 0.25) is 0 Å². The van der Waals surface area contributed by atoms with Gasteiger partial charge >= 0.3 is 0 Å². The molecule has 1 aromatic heterocycles. The number of imidazole rings is 1. The van der Waals surface area contributed by atoms with Crippen LogP contribution in [0, 0.1) is 0 Å². The number of rotatable bonds is 5. The van der Waals surface area contributed by atoms with E-state index < -0.39 is 5.60 Å². The number of hydrogen-bond acceptors (Lipinski definition) is 4. The normalized spacial score (nSPS) is 20.7. The minimum absolute atomic E-state index is 0.526. The average molecular weight is 301 g/mol. The molecule has 2 N–H and O–H groups in total. The lowest BCUT2D eigenvalue weighted by Crippen LogP contribution is -2.40. The lowest BCUT2D eigenvalue weighted by molar-refractivity contribution is 0.0186. The second kappa shape index (κ2) is 6.10. The molecule has 5 heteroatoms. The van der Waals surface area contributed by atoms with Gasteiger partial charge in [0.15, 0.2) is 0 Å². The molecule has 1 heterocycles. The number of nitrogens with one attached hydrogen (secondary N) is 1. The number of fused-ring (bicyclic) bond motifs is 1. The third kappa shape index (κ3) is 2.87. The second-order valence-electron chi connectivity index (χ2n) is 6.01. The predicted octanol–water partition coefficient (Wildman–Crippen LogP) is 1.74. The minimum atomic E-state index is -0.833. The SMILES string of the molecule is COc1ccc2c(c1)C(O)(CNCc1cncn1C)CCC2. The maximum Gasteiger partial charge on any atom is 0.119 e. The van der Waals surface area contributed by atoms with Crippen molar-refractivity contribution in [2.24, 2.45) is 7.05 Å². The van der Waals surface area contributed by atoms with Crippen LogP contribution < -0.4 is 10.1 Å². The summed E-state index contributed by atoms with van der Waals surface area (Å²) < 4.78 is 7.29. The molecule has 0 aliphatic heterocycles. The first-order valence-electron chi connectivity index (χ1n) is 7.68. The molecule has 0 amide bonds. The molecule has 1 aromatic carbocycles. The fraction of sp³-hybridized carbons (Fsp3) is 0.471. The Balaban J connectivity index is 1.74. The summed E-state index contributed by atoms with van der Waals surface area (Å²) in [7, 11) is 3.63. The Morgan fingerprint density at radius 2 is 2.32 bits per heavy atom. The van der Waals surface area contributed by atoms with Crippen molar-refractivity contribution in [3.63, 3.8) is 0 Å². The quantitative estimate of drug-likeness (QED) is 0.883. The Morgan fingerprint density at radius 1 is 1.45 bits per heavy atom. The van der Waals surface area contributed by atoms with Gasteiger partial charge in [-0.25, -0.2) is 4.98 Å². The van der Waals surface area contributed by atoms with Crippen LogP contribution >= 0.6 is 0 Å². The number of benzene rings is 1. The fourth-order valence-corrected chi connectivity index (χ4v) is 3.18. The zero-order chi connectivity index (χ0) is 15.6. The van der Waals surface area contributed by atoms with E-state index in [0.717, 1.165) is 36.3 Å². The molecule has 118 valence electrons. The van der Waals surface area contributed by atoms with Gasteiger partial charge in [0, 0.05) is 26.3 Å². The van der Waals surface area contributed by atoms with Crippen molar-refractivity contribution >= 4 is 0 Å². The minimum Gasteiger partial charge on any atom is -0.497 e. The van der Waals surface area contributed by atoms with Gasteiger partial charge in [-0.3, -0.25) is 0 Å². The third-order valence-electron chi connectivity index (χ3n) is 4.49. The van der Waals surface area contributed by atoms with Gasteiger partial charge in [0.25, 0.3) is 0 Å². The van der Waals surface area contributed by atoms with Crippen molar-refractivity contribution < 1.29 is 9.84 Å². The van der Waals surface area contributed by atoms with Crippen molar-refractivity contribution in [2.75, 3.05) is 13.7 Å². The average Bonchev–Trinajstić information content (AvgIpc) is 2.93. The van der Waals surface area contributed by atoms with E-state index in [1.54, 1.807) is 13.4 Å². The Hall–Kier alpha value is -1.85. The monoisotopic (exact) mass is 301 g/mol. The standard InChI is InChI=1S/C17H23N3O2/c1-20-12-19-10-14(20)9-18-11-17(21)7-3-4-13-5-6-15(22-2)8-16(13)17/h5-6,8,10,12,18,21H,3-4,7,9,11H2,1-2H3. The molecule has 0 bridgehead atoms. The zero-order valence-electron chi connectivity index (χ0n) is 13.2. The number of nitrogens with zero attached hydrogens (tertiary/aromatic N) is 2. The highest BCUT2D eigenvalue weighted by Gasteiger charge is 2.34. The van der Waals surface area contributed by atoms with Crippen molar-refractivity contribution in [1.82, 2.24) is 14.9 Å². The molecule has 1 aliphatic carbocycles. The molecule has 1 unspecified atom stereocenters. The summed E-state index contributed by atoms with van der Waals surface area (Å²) in [6.07, 6.45) is 6.42. The summed E-state index contributed by atoms with van der Waals surface area (Å²) in [4.78, 5) is 4.11. The number of aliphatic hydroxyl groups is 1. The molecule has 1 aliphatic rings. The van der Waals surface area contributed by atoms with Crippen LogP contribution in [-0.4, -0.2) is 28.3 Å². The molecule has 3 rings (SSSR count). The molecule has 0 fully saturated rings. The Morgan fingerprint density at radius 3 is 3.05 bits per heavy atom. The van der Waals surface area contributed by atoms with Crippen LogP contribution in [0.5, 0.6) is 5.75 Å². The van der Waals surface area contributed by atoms with Crippen molar-refractivity contribution in [3.8, 4) is 5.75 Å². The summed E-state index contributed by atoms with van der Waals surface area (Å²) in [5.41, 5.74) is 2.48. The van der Waals surface area contributed by atoms with E-state index in [0.29, 0.717) is 13.1 Å². The van der Waals surface area contributed by atoms with Crippen LogP contribution in [0.4, 0.5) is 0 Å². The van der Waals surface area contributed by atoms with Gasteiger partial charge in [-0.2, -0.15) is 0 Å². The van der Waals surface area contributed by atoms with Gasteiger partial charge < -0.3 is 19.7 Å². The molecule has 22 heavy (non-hydrogen) atoms. The number of aryl methyl sites for hydroxylation is 2. The fourth-order valence-electron chi connectivity index (χ4n) is 3.18. The maximum absolute atomic E-state index is 11.1. The smallest absolute Gasteiger partial charge is 0.119 e. The number of methoxy groups -OCH3 is 1. The van der Waals surface area contributed by atoms with E-state index in [1.165, 1.54) is 5.56 Å². The van der Waals surface area contributed by atoms with Gasteiger partial charge in [0.05, 0.1) is 19.1 Å². The van der Waals surface area contributed by atoms with Crippen LogP contribution in [0.1, 0.15) is 29.7 Å². The summed E-state index contributed by atoms with van der Waals surface area (Å²) in [5.74, 6) is 0.797. The van der Waals surface area contributed by atoms with Crippen molar-refractivity contribution in [2.45, 2.75) is 31.4 Å². The number of ether oxygens (including phenoxy) is 1. The van der Waals surface area contributed by atoms with E-state index in [2.05, 4.69) is 16.4 Å². The summed E-state index contributed by atoms with van der Waals surface area (Å²) in [6.45, 7) is 1.22. The van der Waals surface area contributed by atoms with Gasteiger partial charge in [0.2, 0.25) is 0 Å². The molecule has 2 aromatic rings. The molecule has 1 atom stereocenters. The molecule has 0 saturated carbocycles.